The summed E-state index contributed by atoms with van der Waals surface area (Å²) in [4.78, 5) is 27.8. The van der Waals surface area contributed by atoms with Crippen LogP contribution in [0.4, 0.5) is 5.69 Å². The molecule has 0 radical (unpaired) electrons. The van der Waals surface area contributed by atoms with E-state index in [1.165, 1.54) is 13.3 Å². The molecule has 0 fully saturated rings. The molecule has 6 heteroatoms. The molecular weight excluding hydrogens is 282 g/mol. The Kier molecular flexibility index (Phi) is 5.25. The molecule has 2 rings (SSSR count). The summed E-state index contributed by atoms with van der Waals surface area (Å²) in [5.41, 5.74) is 1.12. The zero-order chi connectivity index (χ0) is 15.8. The fourth-order valence-corrected chi connectivity index (χ4v) is 1.64. The minimum absolute atomic E-state index is 0.000191. The summed E-state index contributed by atoms with van der Waals surface area (Å²) in [5.74, 6) is -1.05. The highest BCUT2D eigenvalue weighted by atomic mass is 16.5. The number of ether oxygens (including phenoxy) is 1. The number of amides is 1. The molecule has 0 atom stereocenters. The monoisotopic (exact) mass is 297 g/mol. The summed E-state index contributed by atoms with van der Waals surface area (Å²) in [5, 5.41) is 5.40. The third-order valence-electron chi connectivity index (χ3n) is 2.73. The molecule has 0 aliphatic heterocycles. The van der Waals surface area contributed by atoms with Crippen LogP contribution in [-0.2, 0) is 9.53 Å². The van der Waals surface area contributed by atoms with Crippen LogP contribution in [-0.4, -0.2) is 24.0 Å². The number of nitrogens with one attached hydrogen (secondary N) is 2. The van der Waals surface area contributed by atoms with Gasteiger partial charge in [0.15, 0.2) is 0 Å². The molecular formula is C16H15N3O3. The average molecular weight is 297 g/mol. The van der Waals surface area contributed by atoms with E-state index in [4.69, 9.17) is 0 Å². The fraction of sp³-hybridized carbons (Fsp3) is 0.0625. The Labute approximate surface area is 127 Å². The van der Waals surface area contributed by atoms with Crippen molar-refractivity contribution in [1.82, 2.24) is 10.3 Å². The zero-order valence-corrected chi connectivity index (χ0v) is 11.9. The fourth-order valence-electron chi connectivity index (χ4n) is 1.64. The van der Waals surface area contributed by atoms with Crippen LogP contribution in [0.2, 0.25) is 0 Å². The van der Waals surface area contributed by atoms with Crippen LogP contribution >= 0.6 is 0 Å². The molecule has 6 nitrogen and oxygen atoms in total. The maximum absolute atomic E-state index is 12.1. The maximum atomic E-state index is 12.1. The molecule has 1 aromatic heterocycles. The summed E-state index contributed by atoms with van der Waals surface area (Å²) in [6, 6.07) is 12.1. The number of methoxy groups -OCH3 is 1. The molecule has 0 unspecified atom stereocenters. The number of hydrogen-bond donors (Lipinski definition) is 2. The minimum atomic E-state index is -0.652. The van der Waals surface area contributed by atoms with E-state index in [1.54, 1.807) is 54.9 Å². The van der Waals surface area contributed by atoms with Gasteiger partial charge in [-0.25, -0.2) is 4.79 Å². The minimum Gasteiger partial charge on any atom is -0.464 e. The summed E-state index contributed by atoms with van der Waals surface area (Å²) in [6.07, 6.45) is 4.58. The first-order chi connectivity index (χ1) is 10.7. The van der Waals surface area contributed by atoms with E-state index in [1.807, 2.05) is 0 Å². The van der Waals surface area contributed by atoms with Gasteiger partial charge in [0.1, 0.15) is 5.70 Å². The predicted octanol–water partition coefficient (Wildman–Crippen LogP) is 1.94. The van der Waals surface area contributed by atoms with Crippen molar-refractivity contribution in [2.24, 2.45) is 0 Å². The first-order valence-corrected chi connectivity index (χ1v) is 6.52. The van der Waals surface area contributed by atoms with Gasteiger partial charge in [0, 0.05) is 18.0 Å². The lowest BCUT2D eigenvalue weighted by molar-refractivity contribution is -0.136. The standard InChI is InChI=1S/C16H15N3O3/c1-22-16(21)14(11-18-13-8-5-9-17-10-13)19-15(20)12-6-3-2-4-7-12/h2-11,18H,1H3,(H,19,20)/b14-11+. The van der Waals surface area contributed by atoms with Crippen LogP contribution in [0.3, 0.4) is 0 Å². The van der Waals surface area contributed by atoms with Crippen LogP contribution in [0.15, 0.2) is 66.8 Å². The highest BCUT2D eigenvalue weighted by molar-refractivity contribution is 6.01. The maximum Gasteiger partial charge on any atom is 0.356 e. The number of carbonyl (C=O) groups is 2. The number of rotatable bonds is 5. The van der Waals surface area contributed by atoms with Crippen molar-refractivity contribution < 1.29 is 14.3 Å². The summed E-state index contributed by atoms with van der Waals surface area (Å²) >= 11 is 0. The molecule has 0 bridgehead atoms. The molecule has 1 amide bonds. The topological polar surface area (TPSA) is 80.3 Å². The molecule has 0 aliphatic carbocycles. The van der Waals surface area contributed by atoms with E-state index < -0.39 is 11.9 Å². The number of nitrogens with zero attached hydrogens (tertiary/aromatic N) is 1. The van der Waals surface area contributed by atoms with Crippen LogP contribution < -0.4 is 10.6 Å². The molecule has 0 saturated heterocycles. The van der Waals surface area contributed by atoms with Crippen LogP contribution in [0.5, 0.6) is 0 Å². The zero-order valence-electron chi connectivity index (χ0n) is 11.9. The molecule has 2 aromatic rings. The van der Waals surface area contributed by atoms with Gasteiger partial charge >= 0.3 is 5.97 Å². The first kappa shape index (κ1) is 15.2. The van der Waals surface area contributed by atoms with E-state index >= 15 is 0 Å². The van der Waals surface area contributed by atoms with E-state index in [9.17, 15) is 9.59 Å². The van der Waals surface area contributed by atoms with Gasteiger partial charge in [-0.05, 0) is 24.3 Å². The molecule has 112 valence electrons. The van der Waals surface area contributed by atoms with Crippen molar-refractivity contribution in [3.8, 4) is 0 Å². The number of pyridine rings is 1. The van der Waals surface area contributed by atoms with Gasteiger partial charge in [0.05, 0.1) is 19.0 Å². The Hall–Kier alpha value is -3.15. The van der Waals surface area contributed by atoms with E-state index in [-0.39, 0.29) is 5.70 Å². The Morgan fingerprint density at radius 1 is 1.14 bits per heavy atom. The smallest absolute Gasteiger partial charge is 0.356 e. The van der Waals surface area contributed by atoms with Crippen molar-refractivity contribution in [2.75, 3.05) is 12.4 Å². The van der Waals surface area contributed by atoms with E-state index in [0.29, 0.717) is 11.3 Å². The lowest BCUT2D eigenvalue weighted by Gasteiger charge is -2.09. The molecule has 2 N–H and O–H groups in total. The Bertz CT molecular complexity index is 670. The van der Waals surface area contributed by atoms with Gasteiger partial charge in [-0.15, -0.1) is 0 Å². The van der Waals surface area contributed by atoms with Crippen LogP contribution in [0.25, 0.3) is 0 Å². The number of anilines is 1. The van der Waals surface area contributed by atoms with Crippen LogP contribution in [0, 0.1) is 0 Å². The second-order valence-electron chi connectivity index (χ2n) is 4.26. The largest absolute Gasteiger partial charge is 0.464 e. The van der Waals surface area contributed by atoms with E-state index in [0.717, 1.165) is 0 Å². The normalized spacial score (nSPS) is 10.7. The van der Waals surface area contributed by atoms with Crippen molar-refractivity contribution in [2.45, 2.75) is 0 Å². The number of esters is 1. The number of carbonyl (C=O) groups excluding carboxylic acids is 2. The lowest BCUT2D eigenvalue weighted by atomic mass is 10.2. The molecule has 0 saturated carbocycles. The number of aromatic nitrogens is 1. The van der Waals surface area contributed by atoms with Crippen molar-refractivity contribution in [3.63, 3.8) is 0 Å². The summed E-state index contributed by atoms with van der Waals surface area (Å²) in [6.45, 7) is 0. The third-order valence-corrected chi connectivity index (χ3v) is 2.73. The van der Waals surface area contributed by atoms with Crippen molar-refractivity contribution in [3.05, 3.63) is 72.3 Å². The summed E-state index contributed by atoms with van der Waals surface area (Å²) in [7, 11) is 1.24. The second-order valence-corrected chi connectivity index (χ2v) is 4.26. The molecule has 0 spiro atoms. The molecule has 1 heterocycles. The Morgan fingerprint density at radius 2 is 1.91 bits per heavy atom. The highest BCUT2D eigenvalue weighted by Crippen LogP contribution is 2.05. The van der Waals surface area contributed by atoms with Crippen molar-refractivity contribution >= 4 is 17.6 Å². The highest BCUT2D eigenvalue weighted by Gasteiger charge is 2.14. The molecule has 22 heavy (non-hydrogen) atoms. The predicted molar refractivity (Wildman–Crippen MR) is 81.9 cm³/mol. The Balaban J connectivity index is 2.13. The molecule has 0 aliphatic rings. The Morgan fingerprint density at radius 3 is 2.55 bits per heavy atom. The van der Waals surface area contributed by atoms with Gasteiger partial charge in [-0.1, -0.05) is 18.2 Å². The van der Waals surface area contributed by atoms with Gasteiger partial charge in [0.2, 0.25) is 0 Å². The van der Waals surface area contributed by atoms with E-state index in [2.05, 4.69) is 20.4 Å². The van der Waals surface area contributed by atoms with Gasteiger partial charge < -0.3 is 15.4 Å². The third kappa shape index (κ3) is 4.17. The second kappa shape index (κ2) is 7.58. The summed E-state index contributed by atoms with van der Waals surface area (Å²) < 4.78 is 4.66. The quantitative estimate of drug-likeness (QED) is 0.651. The van der Waals surface area contributed by atoms with Crippen LogP contribution in [0.1, 0.15) is 10.4 Å². The van der Waals surface area contributed by atoms with Gasteiger partial charge in [-0.2, -0.15) is 0 Å². The number of hydrogen-bond acceptors (Lipinski definition) is 5. The average Bonchev–Trinajstić information content (AvgIpc) is 2.59. The molecule has 1 aromatic carbocycles. The van der Waals surface area contributed by atoms with Gasteiger partial charge in [-0.3, -0.25) is 9.78 Å². The lowest BCUT2D eigenvalue weighted by Crippen LogP contribution is -2.28. The first-order valence-electron chi connectivity index (χ1n) is 6.52. The van der Waals surface area contributed by atoms with Gasteiger partial charge in [0.25, 0.3) is 5.91 Å². The SMILES string of the molecule is COC(=O)/C(=C\Nc1cccnc1)NC(=O)c1ccccc1. The number of benzene rings is 1. The van der Waals surface area contributed by atoms with Crippen molar-refractivity contribution in [1.29, 1.82) is 0 Å².